The van der Waals surface area contributed by atoms with Gasteiger partial charge in [-0.3, -0.25) is 0 Å². The molecule has 0 aromatic carbocycles. The van der Waals surface area contributed by atoms with Crippen LogP contribution < -0.4 is 5.32 Å². The monoisotopic (exact) mass is 287 g/mol. The molecule has 0 aliphatic rings. The number of allylic oxidation sites excluding steroid dienone is 5. The summed E-state index contributed by atoms with van der Waals surface area (Å²) in [5.74, 6) is 0.837. The van der Waals surface area contributed by atoms with Crippen molar-refractivity contribution < 1.29 is 0 Å². The zero-order valence-electron chi connectivity index (χ0n) is 13.9. The third-order valence-electron chi connectivity index (χ3n) is 2.12. The van der Waals surface area contributed by atoms with Gasteiger partial charge >= 0.3 is 0 Å². The van der Waals surface area contributed by atoms with Crippen LogP contribution in [0.25, 0.3) is 5.57 Å². The van der Waals surface area contributed by atoms with Gasteiger partial charge in [0.2, 0.25) is 0 Å². The van der Waals surface area contributed by atoms with Gasteiger partial charge < -0.3 is 5.32 Å². The molecule has 0 aliphatic heterocycles. The van der Waals surface area contributed by atoms with Crippen molar-refractivity contribution in [1.29, 1.82) is 0 Å². The zero-order valence-corrected chi connectivity index (χ0v) is 13.9. The van der Waals surface area contributed by atoms with Gasteiger partial charge in [0, 0.05) is 19.2 Å². The van der Waals surface area contributed by atoms with Crippen LogP contribution >= 0.6 is 0 Å². The number of nitrogens with zero attached hydrogens (tertiary/aromatic N) is 2. The Hall–Kier alpha value is -2.00. The van der Waals surface area contributed by atoms with Crippen molar-refractivity contribution >= 4 is 5.57 Å². The number of aromatic nitrogens is 2. The zero-order chi connectivity index (χ0) is 16.5. The molecule has 1 aromatic heterocycles. The van der Waals surface area contributed by atoms with Crippen LogP contribution in [0.4, 0.5) is 0 Å². The van der Waals surface area contributed by atoms with E-state index in [0.717, 1.165) is 30.1 Å². The number of nitrogens with one attached hydrogen (secondary N) is 1. The Morgan fingerprint density at radius 3 is 2.38 bits per heavy atom. The second-order valence-corrected chi connectivity index (χ2v) is 3.68. The molecule has 0 saturated heterocycles. The highest BCUT2D eigenvalue weighted by molar-refractivity contribution is 5.72. The molecule has 21 heavy (non-hydrogen) atoms. The van der Waals surface area contributed by atoms with Gasteiger partial charge in [0.05, 0.1) is 5.69 Å². The quantitative estimate of drug-likeness (QED) is 0.629. The minimum Gasteiger partial charge on any atom is -0.319 e. The molecular weight excluding hydrogens is 258 g/mol. The lowest BCUT2D eigenvalue weighted by molar-refractivity contribution is 0.754. The maximum Gasteiger partial charge on any atom is 0.130 e. The molecule has 0 unspecified atom stereocenters. The molecule has 3 heteroatoms. The van der Waals surface area contributed by atoms with Crippen molar-refractivity contribution in [2.24, 2.45) is 0 Å². The summed E-state index contributed by atoms with van der Waals surface area (Å²) in [6.07, 6.45) is 9.73. The van der Waals surface area contributed by atoms with E-state index >= 15 is 0 Å². The summed E-state index contributed by atoms with van der Waals surface area (Å²) >= 11 is 0. The van der Waals surface area contributed by atoms with E-state index < -0.39 is 0 Å². The van der Waals surface area contributed by atoms with Crippen LogP contribution in [0.2, 0.25) is 0 Å². The average molecular weight is 287 g/mol. The van der Waals surface area contributed by atoms with Gasteiger partial charge in [0.1, 0.15) is 5.82 Å². The van der Waals surface area contributed by atoms with Gasteiger partial charge in [-0.1, -0.05) is 51.3 Å². The van der Waals surface area contributed by atoms with Crippen LogP contribution in [0, 0.1) is 0 Å². The number of rotatable bonds is 6. The van der Waals surface area contributed by atoms with Crippen molar-refractivity contribution in [3.05, 3.63) is 67.8 Å². The Labute approximate surface area is 130 Å². The first kappa shape index (κ1) is 21.3. The van der Waals surface area contributed by atoms with Crippen LogP contribution in [0.15, 0.2) is 56.3 Å². The van der Waals surface area contributed by atoms with Crippen LogP contribution in [-0.4, -0.2) is 23.6 Å². The lowest BCUT2D eigenvalue weighted by Gasteiger charge is -2.03. The Kier molecular flexibility index (Phi) is 16.3. The number of likely N-dealkylation sites (N-methyl/N-ethyl adjacent to an activating group) is 1. The summed E-state index contributed by atoms with van der Waals surface area (Å²) in [6.45, 7) is 17.6. The van der Waals surface area contributed by atoms with E-state index in [1.54, 1.807) is 24.4 Å². The molecule has 1 aromatic rings. The van der Waals surface area contributed by atoms with Crippen molar-refractivity contribution in [2.45, 2.75) is 27.2 Å². The minimum absolute atomic E-state index is 0.822. The van der Waals surface area contributed by atoms with Gasteiger partial charge in [-0.15, -0.1) is 6.58 Å². The second kappa shape index (κ2) is 16.1. The first-order valence-electron chi connectivity index (χ1n) is 7.22. The highest BCUT2D eigenvalue weighted by atomic mass is 14.9. The topological polar surface area (TPSA) is 37.8 Å². The maximum absolute atomic E-state index is 4.46. The molecule has 3 nitrogen and oxygen atoms in total. The van der Waals surface area contributed by atoms with E-state index in [4.69, 9.17) is 0 Å². The van der Waals surface area contributed by atoms with Gasteiger partial charge in [-0.05, 0) is 25.6 Å². The lowest BCUT2D eigenvalue weighted by Crippen LogP contribution is -2.12. The SMILES string of the molecule is C=C/C=C(\C=C)c1ccnc(CCNC)n1.C=CC.CC. The van der Waals surface area contributed by atoms with Crippen molar-refractivity contribution in [3.63, 3.8) is 0 Å². The molecule has 0 amide bonds. The summed E-state index contributed by atoms with van der Waals surface area (Å²) < 4.78 is 0. The van der Waals surface area contributed by atoms with Gasteiger partial charge in [0.25, 0.3) is 0 Å². The first-order valence-corrected chi connectivity index (χ1v) is 7.22. The fraction of sp³-hybridized carbons (Fsp3) is 0.333. The highest BCUT2D eigenvalue weighted by Crippen LogP contribution is 2.12. The molecular formula is C18H29N3. The largest absolute Gasteiger partial charge is 0.319 e. The molecule has 116 valence electrons. The molecule has 0 aliphatic carbocycles. The van der Waals surface area contributed by atoms with E-state index in [0.29, 0.717) is 0 Å². The Morgan fingerprint density at radius 2 is 1.90 bits per heavy atom. The molecule has 1 heterocycles. The van der Waals surface area contributed by atoms with Crippen LogP contribution in [-0.2, 0) is 6.42 Å². The lowest BCUT2D eigenvalue weighted by atomic mass is 10.1. The minimum atomic E-state index is 0.822. The molecule has 1 N–H and O–H groups in total. The molecule has 0 spiro atoms. The maximum atomic E-state index is 4.46. The second-order valence-electron chi connectivity index (χ2n) is 3.68. The average Bonchev–Trinajstić information content (AvgIpc) is 2.53. The summed E-state index contributed by atoms with van der Waals surface area (Å²) in [6, 6.07) is 1.87. The van der Waals surface area contributed by atoms with E-state index in [-0.39, 0.29) is 0 Å². The summed E-state index contributed by atoms with van der Waals surface area (Å²) in [7, 11) is 1.91. The van der Waals surface area contributed by atoms with Crippen LogP contribution in [0.1, 0.15) is 32.3 Å². The Morgan fingerprint density at radius 1 is 1.29 bits per heavy atom. The fourth-order valence-corrected chi connectivity index (χ4v) is 1.30. The van der Waals surface area contributed by atoms with Crippen LogP contribution in [0.3, 0.4) is 0 Å². The van der Waals surface area contributed by atoms with E-state index in [1.807, 2.05) is 40.0 Å². The first-order chi connectivity index (χ1) is 10.2. The van der Waals surface area contributed by atoms with Gasteiger partial charge in [0.15, 0.2) is 0 Å². The van der Waals surface area contributed by atoms with Crippen molar-refractivity contribution in [1.82, 2.24) is 15.3 Å². The number of hydrogen-bond donors (Lipinski definition) is 1. The normalized spacial score (nSPS) is 9.43. The number of hydrogen-bond acceptors (Lipinski definition) is 3. The molecule has 0 bridgehead atoms. The predicted octanol–water partition coefficient (Wildman–Crippen LogP) is 4.21. The van der Waals surface area contributed by atoms with Gasteiger partial charge in [-0.2, -0.15) is 0 Å². The molecule has 0 radical (unpaired) electrons. The standard InChI is InChI=1S/C13H17N3.C3H6.C2H6/c1-4-6-11(5-2)12-7-10-15-13(16-12)8-9-14-3;1-3-2;1-2/h4-7,10,14H,1-2,8-9H2,3H3;3H,1H2,2H3;1-2H3/b11-6+;;. The highest BCUT2D eigenvalue weighted by Gasteiger charge is 2.01. The Balaban J connectivity index is 0. The third kappa shape index (κ3) is 10.4. The molecule has 0 atom stereocenters. The van der Waals surface area contributed by atoms with E-state index in [9.17, 15) is 0 Å². The van der Waals surface area contributed by atoms with Crippen molar-refractivity contribution in [3.8, 4) is 0 Å². The van der Waals surface area contributed by atoms with Crippen molar-refractivity contribution in [2.75, 3.05) is 13.6 Å². The third-order valence-corrected chi connectivity index (χ3v) is 2.12. The van der Waals surface area contributed by atoms with E-state index in [1.165, 1.54) is 0 Å². The summed E-state index contributed by atoms with van der Waals surface area (Å²) in [5.41, 5.74) is 1.85. The smallest absolute Gasteiger partial charge is 0.130 e. The molecule has 0 fully saturated rings. The molecule has 1 rings (SSSR count). The summed E-state index contributed by atoms with van der Waals surface area (Å²) in [5, 5.41) is 3.07. The Bertz CT molecular complexity index is 434. The van der Waals surface area contributed by atoms with Gasteiger partial charge in [-0.25, -0.2) is 9.97 Å². The molecule has 0 saturated carbocycles. The van der Waals surface area contributed by atoms with Crippen LogP contribution in [0.5, 0.6) is 0 Å². The van der Waals surface area contributed by atoms with E-state index in [2.05, 4.69) is 35.0 Å². The predicted molar refractivity (Wildman–Crippen MR) is 95.3 cm³/mol. The summed E-state index contributed by atoms with van der Waals surface area (Å²) in [4.78, 5) is 8.68. The fourth-order valence-electron chi connectivity index (χ4n) is 1.30.